The van der Waals surface area contributed by atoms with Gasteiger partial charge in [0.05, 0.1) is 26.5 Å². The SMILES string of the molecule is COc1ccc(OCCNC(=O)CN(Cc2ccccc2)S(C)(=O)=O)cc1. The van der Waals surface area contributed by atoms with E-state index in [2.05, 4.69) is 5.32 Å². The molecular formula is C19H24N2O5S. The van der Waals surface area contributed by atoms with Gasteiger partial charge >= 0.3 is 0 Å². The molecule has 8 heteroatoms. The highest BCUT2D eigenvalue weighted by molar-refractivity contribution is 7.88. The summed E-state index contributed by atoms with van der Waals surface area (Å²) in [6.07, 6.45) is 1.09. The van der Waals surface area contributed by atoms with E-state index in [0.717, 1.165) is 21.9 Å². The van der Waals surface area contributed by atoms with Crippen LogP contribution in [0.5, 0.6) is 11.5 Å². The molecule has 1 N–H and O–H groups in total. The minimum Gasteiger partial charge on any atom is -0.497 e. The molecule has 0 atom stereocenters. The largest absolute Gasteiger partial charge is 0.497 e. The van der Waals surface area contributed by atoms with Crippen LogP contribution in [0.3, 0.4) is 0 Å². The third-order valence-electron chi connectivity index (χ3n) is 3.74. The zero-order valence-electron chi connectivity index (χ0n) is 15.4. The van der Waals surface area contributed by atoms with Crippen molar-refractivity contribution in [1.82, 2.24) is 9.62 Å². The molecule has 0 aliphatic rings. The fourth-order valence-electron chi connectivity index (χ4n) is 2.32. The van der Waals surface area contributed by atoms with Crippen LogP contribution in [-0.4, -0.2) is 51.7 Å². The molecule has 7 nitrogen and oxygen atoms in total. The lowest BCUT2D eigenvalue weighted by Crippen LogP contribution is -2.40. The highest BCUT2D eigenvalue weighted by Crippen LogP contribution is 2.16. The van der Waals surface area contributed by atoms with Crippen molar-refractivity contribution < 1.29 is 22.7 Å². The fraction of sp³-hybridized carbons (Fsp3) is 0.316. The number of nitrogens with one attached hydrogen (secondary N) is 1. The normalized spacial score (nSPS) is 11.2. The fourth-order valence-corrected chi connectivity index (χ4v) is 3.06. The average Bonchev–Trinajstić information content (AvgIpc) is 2.65. The van der Waals surface area contributed by atoms with Crippen molar-refractivity contribution in [2.24, 2.45) is 0 Å². The van der Waals surface area contributed by atoms with Gasteiger partial charge in [-0.05, 0) is 29.8 Å². The van der Waals surface area contributed by atoms with E-state index in [-0.39, 0.29) is 32.1 Å². The highest BCUT2D eigenvalue weighted by Gasteiger charge is 2.20. The van der Waals surface area contributed by atoms with E-state index >= 15 is 0 Å². The van der Waals surface area contributed by atoms with E-state index < -0.39 is 10.0 Å². The first-order chi connectivity index (χ1) is 12.9. The molecule has 0 saturated heterocycles. The number of ether oxygens (including phenoxy) is 2. The van der Waals surface area contributed by atoms with Gasteiger partial charge in [0.2, 0.25) is 15.9 Å². The quantitative estimate of drug-likeness (QED) is 0.622. The number of hydrogen-bond donors (Lipinski definition) is 1. The standard InChI is InChI=1S/C19H24N2O5S/c1-25-17-8-10-18(11-9-17)26-13-12-20-19(22)15-21(27(2,23)24)14-16-6-4-3-5-7-16/h3-11H,12-15H2,1-2H3,(H,20,22). The zero-order valence-corrected chi connectivity index (χ0v) is 16.2. The Morgan fingerprint density at radius 2 is 1.67 bits per heavy atom. The van der Waals surface area contributed by atoms with E-state index in [1.54, 1.807) is 31.4 Å². The van der Waals surface area contributed by atoms with Gasteiger partial charge in [-0.25, -0.2) is 8.42 Å². The summed E-state index contributed by atoms with van der Waals surface area (Å²) in [6.45, 7) is 0.454. The Labute approximate surface area is 160 Å². The topological polar surface area (TPSA) is 84.9 Å². The molecule has 2 rings (SSSR count). The molecular weight excluding hydrogens is 368 g/mol. The molecule has 0 heterocycles. The molecule has 0 aliphatic carbocycles. The van der Waals surface area contributed by atoms with E-state index in [1.807, 2.05) is 30.3 Å². The van der Waals surface area contributed by atoms with Crippen molar-refractivity contribution >= 4 is 15.9 Å². The summed E-state index contributed by atoms with van der Waals surface area (Å²) in [6, 6.07) is 16.2. The Morgan fingerprint density at radius 1 is 1.04 bits per heavy atom. The van der Waals surface area contributed by atoms with Crippen LogP contribution in [0.25, 0.3) is 0 Å². The second kappa shape index (κ2) is 9.94. The molecule has 0 radical (unpaired) electrons. The Bertz CT molecular complexity index is 823. The lowest BCUT2D eigenvalue weighted by Gasteiger charge is -2.19. The summed E-state index contributed by atoms with van der Waals surface area (Å²) < 4.78 is 35.6. The van der Waals surface area contributed by atoms with Crippen LogP contribution in [0.2, 0.25) is 0 Å². The summed E-state index contributed by atoms with van der Waals surface area (Å²) in [7, 11) is -1.92. The summed E-state index contributed by atoms with van der Waals surface area (Å²) >= 11 is 0. The number of hydrogen-bond acceptors (Lipinski definition) is 5. The highest BCUT2D eigenvalue weighted by atomic mass is 32.2. The van der Waals surface area contributed by atoms with Gasteiger partial charge in [0.25, 0.3) is 0 Å². The molecule has 2 aromatic carbocycles. The summed E-state index contributed by atoms with van der Waals surface area (Å²) in [4.78, 5) is 12.1. The van der Waals surface area contributed by atoms with Crippen molar-refractivity contribution in [2.75, 3.05) is 33.1 Å². The van der Waals surface area contributed by atoms with Gasteiger partial charge in [0, 0.05) is 6.54 Å². The van der Waals surface area contributed by atoms with Crippen LogP contribution in [-0.2, 0) is 21.4 Å². The maximum absolute atomic E-state index is 12.1. The molecule has 0 saturated carbocycles. The maximum atomic E-state index is 12.1. The van der Waals surface area contributed by atoms with Crippen LogP contribution in [0.1, 0.15) is 5.56 Å². The number of benzene rings is 2. The number of nitrogens with zero attached hydrogens (tertiary/aromatic N) is 1. The smallest absolute Gasteiger partial charge is 0.235 e. The molecule has 0 aliphatic heterocycles. The number of carbonyl (C=O) groups is 1. The van der Waals surface area contributed by atoms with Gasteiger partial charge in [-0.2, -0.15) is 4.31 Å². The molecule has 0 spiro atoms. The maximum Gasteiger partial charge on any atom is 0.235 e. The first-order valence-corrected chi connectivity index (χ1v) is 10.3. The van der Waals surface area contributed by atoms with E-state index in [0.29, 0.717) is 5.75 Å². The van der Waals surface area contributed by atoms with E-state index in [4.69, 9.17) is 9.47 Å². The lowest BCUT2D eigenvalue weighted by atomic mass is 10.2. The van der Waals surface area contributed by atoms with Crippen molar-refractivity contribution in [3.8, 4) is 11.5 Å². The van der Waals surface area contributed by atoms with E-state index in [9.17, 15) is 13.2 Å². The molecule has 146 valence electrons. The Hall–Kier alpha value is -2.58. The zero-order chi connectivity index (χ0) is 19.7. The number of rotatable bonds is 10. The van der Waals surface area contributed by atoms with Crippen molar-refractivity contribution in [1.29, 1.82) is 0 Å². The van der Waals surface area contributed by atoms with Crippen LogP contribution in [0.15, 0.2) is 54.6 Å². The first kappa shape index (κ1) is 20.7. The summed E-state index contributed by atoms with van der Waals surface area (Å²) in [5.74, 6) is 1.01. The number of methoxy groups -OCH3 is 1. The van der Waals surface area contributed by atoms with Crippen LogP contribution >= 0.6 is 0 Å². The number of sulfonamides is 1. The van der Waals surface area contributed by atoms with E-state index in [1.165, 1.54) is 0 Å². The molecule has 0 unspecified atom stereocenters. The molecule has 0 aromatic heterocycles. The molecule has 1 amide bonds. The number of amides is 1. The van der Waals surface area contributed by atoms with Crippen molar-refractivity contribution in [2.45, 2.75) is 6.54 Å². The number of carbonyl (C=O) groups excluding carboxylic acids is 1. The van der Waals surface area contributed by atoms with Gasteiger partial charge in [-0.3, -0.25) is 4.79 Å². The van der Waals surface area contributed by atoms with Gasteiger partial charge < -0.3 is 14.8 Å². The van der Waals surface area contributed by atoms with Crippen LogP contribution in [0.4, 0.5) is 0 Å². The minimum absolute atomic E-state index is 0.148. The van der Waals surface area contributed by atoms with Crippen LogP contribution < -0.4 is 14.8 Å². The van der Waals surface area contributed by atoms with Gasteiger partial charge in [-0.15, -0.1) is 0 Å². The molecule has 2 aromatic rings. The monoisotopic (exact) mass is 392 g/mol. The van der Waals surface area contributed by atoms with Crippen molar-refractivity contribution in [3.63, 3.8) is 0 Å². The van der Waals surface area contributed by atoms with Gasteiger partial charge in [-0.1, -0.05) is 30.3 Å². The van der Waals surface area contributed by atoms with Crippen molar-refractivity contribution in [3.05, 3.63) is 60.2 Å². The Balaban J connectivity index is 1.79. The van der Waals surface area contributed by atoms with Gasteiger partial charge in [0.15, 0.2) is 0 Å². The summed E-state index contributed by atoms with van der Waals surface area (Å²) in [5.41, 5.74) is 0.818. The Morgan fingerprint density at radius 3 is 2.26 bits per heavy atom. The molecule has 27 heavy (non-hydrogen) atoms. The predicted molar refractivity (Wildman–Crippen MR) is 103 cm³/mol. The first-order valence-electron chi connectivity index (χ1n) is 8.41. The lowest BCUT2D eigenvalue weighted by molar-refractivity contribution is -0.121. The Kier molecular flexibility index (Phi) is 7.63. The van der Waals surface area contributed by atoms with Crippen LogP contribution in [0, 0.1) is 0 Å². The predicted octanol–water partition coefficient (Wildman–Crippen LogP) is 1.65. The second-order valence-electron chi connectivity index (χ2n) is 5.89. The minimum atomic E-state index is -3.51. The third kappa shape index (κ3) is 7.28. The summed E-state index contributed by atoms with van der Waals surface area (Å²) in [5, 5.41) is 2.67. The molecule has 0 bridgehead atoms. The third-order valence-corrected chi connectivity index (χ3v) is 4.94. The van der Waals surface area contributed by atoms with Gasteiger partial charge in [0.1, 0.15) is 18.1 Å². The molecule has 0 fully saturated rings. The average molecular weight is 392 g/mol. The second-order valence-corrected chi connectivity index (χ2v) is 7.87.